The summed E-state index contributed by atoms with van der Waals surface area (Å²) >= 11 is 1.56. The molecule has 0 bridgehead atoms. The maximum absolute atomic E-state index is 13.3. The summed E-state index contributed by atoms with van der Waals surface area (Å²) in [6.45, 7) is 6.47. The van der Waals surface area contributed by atoms with E-state index in [4.69, 9.17) is 0 Å². The fourth-order valence-corrected chi connectivity index (χ4v) is 4.27. The van der Waals surface area contributed by atoms with E-state index >= 15 is 0 Å². The van der Waals surface area contributed by atoms with Crippen molar-refractivity contribution in [2.24, 2.45) is 0 Å². The van der Waals surface area contributed by atoms with Crippen LogP contribution in [0, 0.1) is 5.82 Å². The number of carbonyl (C=O) groups is 2. The number of carbonyl (C=O) groups excluding carboxylic acids is 2. The average Bonchev–Trinajstić information content (AvgIpc) is 3.27. The summed E-state index contributed by atoms with van der Waals surface area (Å²) in [5, 5.41) is 7.96. The number of hydrogen-bond acceptors (Lipinski definition) is 5. The van der Waals surface area contributed by atoms with E-state index in [9.17, 15) is 14.0 Å². The highest BCUT2D eigenvalue weighted by Crippen LogP contribution is 2.26. The highest BCUT2D eigenvalue weighted by atomic mass is 32.1. The van der Waals surface area contributed by atoms with Crippen molar-refractivity contribution in [2.45, 2.75) is 19.4 Å². The Bertz CT molecular complexity index is 805. The van der Waals surface area contributed by atoms with Gasteiger partial charge in [-0.25, -0.2) is 4.39 Å². The molecule has 3 rings (SSSR count). The van der Waals surface area contributed by atoms with Crippen LogP contribution in [0.3, 0.4) is 0 Å². The molecule has 6 nitrogen and oxygen atoms in total. The first-order valence-corrected chi connectivity index (χ1v) is 11.2. The van der Waals surface area contributed by atoms with Gasteiger partial charge in [0.25, 0.3) is 0 Å². The standard InChI is InChI=1S/C22H29FN4O2S/c1-2-9-24-20(28)15-26-10-12-27(13-11-26)16-21(29)25-22(19-4-3-14-30-19)17-5-7-18(23)8-6-17/h3-8,14,22H,2,9-13,15-16H2,1H3,(H,24,28)(H,25,29). The van der Waals surface area contributed by atoms with E-state index < -0.39 is 0 Å². The van der Waals surface area contributed by atoms with Gasteiger partial charge in [0.2, 0.25) is 11.8 Å². The van der Waals surface area contributed by atoms with Gasteiger partial charge in [0, 0.05) is 37.6 Å². The van der Waals surface area contributed by atoms with Crippen molar-refractivity contribution in [2.75, 3.05) is 45.8 Å². The zero-order chi connectivity index (χ0) is 21.3. The molecule has 1 aromatic carbocycles. The lowest BCUT2D eigenvalue weighted by molar-refractivity contribution is -0.125. The van der Waals surface area contributed by atoms with E-state index in [2.05, 4.69) is 20.4 Å². The Balaban J connectivity index is 1.50. The fraction of sp³-hybridized carbons (Fsp3) is 0.455. The van der Waals surface area contributed by atoms with Crippen LogP contribution in [-0.2, 0) is 9.59 Å². The molecule has 0 radical (unpaired) electrons. The Morgan fingerprint density at radius 2 is 1.67 bits per heavy atom. The van der Waals surface area contributed by atoms with E-state index in [1.54, 1.807) is 23.5 Å². The van der Waals surface area contributed by atoms with E-state index in [1.807, 2.05) is 24.4 Å². The van der Waals surface area contributed by atoms with Crippen LogP contribution < -0.4 is 10.6 Å². The minimum atomic E-state index is -0.295. The van der Waals surface area contributed by atoms with Crippen LogP contribution in [0.4, 0.5) is 4.39 Å². The summed E-state index contributed by atoms with van der Waals surface area (Å²) in [7, 11) is 0. The van der Waals surface area contributed by atoms with Gasteiger partial charge < -0.3 is 10.6 Å². The Kier molecular flexibility index (Phi) is 8.36. The van der Waals surface area contributed by atoms with Gasteiger partial charge in [-0.2, -0.15) is 0 Å². The molecule has 0 saturated carbocycles. The minimum Gasteiger partial charge on any atom is -0.355 e. The first-order chi connectivity index (χ1) is 14.5. The number of amides is 2. The monoisotopic (exact) mass is 432 g/mol. The lowest BCUT2D eigenvalue weighted by Gasteiger charge is -2.34. The molecule has 2 aromatic rings. The van der Waals surface area contributed by atoms with Crippen LogP contribution in [0.15, 0.2) is 41.8 Å². The van der Waals surface area contributed by atoms with Crippen LogP contribution in [0.5, 0.6) is 0 Å². The van der Waals surface area contributed by atoms with Crippen molar-refractivity contribution < 1.29 is 14.0 Å². The Labute approximate surface area is 181 Å². The summed E-state index contributed by atoms with van der Waals surface area (Å²) in [5.41, 5.74) is 0.857. The summed E-state index contributed by atoms with van der Waals surface area (Å²) < 4.78 is 13.3. The second kappa shape index (κ2) is 11.2. The number of piperazine rings is 1. The second-order valence-corrected chi connectivity index (χ2v) is 8.45. The van der Waals surface area contributed by atoms with Crippen molar-refractivity contribution in [1.29, 1.82) is 0 Å². The van der Waals surface area contributed by atoms with Gasteiger partial charge in [-0.3, -0.25) is 19.4 Å². The first-order valence-electron chi connectivity index (χ1n) is 10.3. The summed E-state index contributed by atoms with van der Waals surface area (Å²) in [6.07, 6.45) is 0.930. The van der Waals surface area contributed by atoms with Crippen molar-refractivity contribution in [3.8, 4) is 0 Å². The minimum absolute atomic E-state index is 0.0566. The molecule has 2 amide bonds. The summed E-state index contributed by atoms with van der Waals surface area (Å²) in [6, 6.07) is 9.88. The Morgan fingerprint density at radius 3 is 2.23 bits per heavy atom. The fourth-order valence-electron chi connectivity index (χ4n) is 3.47. The third kappa shape index (κ3) is 6.62. The number of halogens is 1. The maximum atomic E-state index is 13.3. The molecule has 1 aromatic heterocycles. The largest absolute Gasteiger partial charge is 0.355 e. The van der Waals surface area contributed by atoms with Crippen molar-refractivity contribution in [3.05, 3.63) is 58.0 Å². The van der Waals surface area contributed by atoms with Gasteiger partial charge in [0.05, 0.1) is 19.1 Å². The average molecular weight is 433 g/mol. The topological polar surface area (TPSA) is 64.7 Å². The number of hydrogen-bond donors (Lipinski definition) is 2. The molecule has 30 heavy (non-hydrogen) atoms. The number of nitrogens with one attached hydrogen (secondary N) is 2. The highest BCUT2D eigenvalue weighted by molar-refractivity contribution is 7.10. The smallest absolute Gasteiger partial charge is 0.234 e. The molecular weight excluding hydrogens is 403 g/mol. The van der Waals surface area contributed by atoms with Crippen LogP contribution in [-0.4, -0.2) is 67.4 Å². The number of benzene rings is 1. The quantitative estimate of drug-likeness (QED) is 0.638. The molecule has 1 aliphatic rings. The molecule has 0 aliphatic carbocycles. The van der Waals surface area contributed by atoms with Crippen molar-refractivity contribution >= 4 is 23.2 Å². The zero-order valence-electron chi connectivity index (χ0n) is 17.3. The summed E-state index contributed by atoms with van der Waals surface area (Å²) in [5.74, 6) is -0.302. The van der Waals surface area contributed by atoms with Gasteiger partial charge in [-0.1, -0.05) is 25.1 Å². The molecule has 1 atom stereocenters. The SMILES string of the molecule is CCCNC(=O)CN1CCN(CC(=O)NC(c2ccc(F)cc2)c2cccs2)CC1. The van der Waals surface area contributed by atoms with Gasteiger partial charge in [0.15, 0.2) is 0 Å². The first kappa shape index (κ1) is 22.4. The van der Waals surface area contributed by atoms with Gasteiger partial charge >= 0.3 is 0 Å². The zero-order valence-corrected chi connectivity index (χ0v) is 18.1. The summed E-state index contributed by atoms with van der Waals surface area (Å²) in [4.78, 5) is 29.8. The molecular formula is C22H29FN4O2S. The van der Waals surface area contributed by atoms with Gasteiger partial charge in [-0.05, 0) is 35.6 Å². The molecule has 1 aliphatic heterocycles. The lowest BCUT2D eigenvalue weighted by Crippen LogP contribution is -2.51. The highest BCUT2D eigenvalue weighted by Gasteiger charge is 2.23. The second-order valence-electron chi connectivity index (χ2n) is 7.47. The Hall–Kier alpha value is -2.29. The van der Waals surface area contributed by atoms with E-state index in [0.29, 0.717) is 19.6 Å². The van der Waals surface area contributed by atoms with E-state index in [1.165, 1.54) is 12.1 Å². The van der Waals surface area contributed by atoms with E-state index in [-0.39, 0.29) is 23.7 Å². The molecule has 8 heteroatoms. The molecule has 162 valence electrons. The van der Waals surface area contributed by atoms with Crippen molar-refractivity contribution in [1.82, 2.24) is 20.4 Å². The van der Waals surface area contributed by atoms with Crippen LogP contribution in [0.25, 0.3) is 0 Å². The number of rotatable bonds is 9. The predicted octanol–water partition coefficient (Wildman–Crippen LogP) is 2.24. The van der Waals surface area contributed by atoms with Gasteiger partial charge in [0.1, 0.15) is 5.82 Å². The molecule has 1 fully saturated rings. The van der Waals surface area contributed by atoms with Crippen molar-refractivity contribution in [3.63, 3.8) is 0 Å². The van der Waals surface area contributed by atoms with Gasteiger partial charge in [-0.15, -0.1) is 11.3 Å². The third-order valence-corrected chi connectivity index (χ3v) is 6.05. The maximum Gasteiger partial charge on any atom is 0.234 e. The number of thiophene rings is 1. The molecule has 2 N–H and O–H groups in total. The van der Waals surface area contributed by atoms with Crippen LogP contribution in [0.2, 0.25) is 0 Å². The Morgan fingerprint density at radius 1 is 1.03 bits per heavy atom. The normalized spacial score (nSPS) is 16.2. The number of nitrogens with zero attached hydrogens (tertiary/aromatic N) is 2. The predicted molar refractivity (Wildman–Crippen MR) is 117 cm³/mol. The van der Waals surface area contributed by atoms with Crippen LogP contribution in [0.1, 0.15) is 29.8 Å². The molecule has 2 heterocycles. The lowest BCUT2D eigenvalue weighted by atomic mass is 10.1. The molecule has 0 spiro atoms. The molecule has 1 unspecified atom stereocenters. The van der Waals surface area contributed by atoms with Crippen LogP contribution >= 0.6 is 11.3 Å². The molecule has 1 saturated heterocycles. The third-order valence-electron chi connectivity index (χ3n) is 5.11. The van der Waals surface area contributed by atoms with E-state index in [0.717, 1.165) is 43.0 Å².